The van der Waals surface area contributed by atoms with Gasteiger partial charge in [0, 0.05) is 18.1 Å². The van der Waals surface area contributed by atoms with E-state index in [-0.39, 0.29) is 11.8 Å². The van der Waals surface area contributed by atoms with Crippen molar-refractivity contribution in [3.8, 4) is 5.75 Å². The van der Waals surface area contributed by atoms with Gasteiger partial charge in [-0.3, -0.25) is 9.69 Å². The first-order chi connectivity index (χ1) is 12.6. The van der Waals surface area contributed by atoms with E-state index in [4.69, 9.17) is 16.3 Å². The minimum Gasteiger partial charge on any atom is -0.495 e. The molecule has 0 spiro atoms. The molecule has 1 unspecified atom stereocenters. The summed E-state index contributed by atoms with van der Waals surface area (Å²) in [4.78, 5) is 15.1. The van der Waals surface area contributed by atoms with Crippen molar-refractivity contribution in [2.75, 3.05) is 25.5 Å². The number of amides is 1. The smallest absolute Gasteiger partial charge is 0.228 e. The Morgan fingerprint density at radius 1 is 1.31 bits per heavy atom. The molecule has 0 aliphatic carbocycles. The molecule has 26 heavy (non-hydrogen) atoms. The maximum absolute atomic E-state index is 12.8. The van der Waals surface area contributed by atoms with E-state index in [1.54, 1.807) is 7.11 Å². The number of carbonyl (C=O) groups is 1. The zero-order valence-electron chi connectivity index (χ0n) is 15.3. The molecule has 0 saturated carbocycles. The number of carbonyl (C=O) groups excluding carboxylic acids is 1. The molecule has 2 aromatic rings. The Bertz CT molecular complexity index is 778. The van der Waals surface area contributed by atoms with E-state index in [1.807, 2.05) is 49.4 Å². The number of likely N-dealkylation sites (tertiary alicyclic amines) is 1. The number of hydrogen-bond acceptors (Lipinski definition) is 3. The van der Waals surface area contributed by atoms with Crippen LogP contribution in [0.1, 0.15) is 24.0 Å². The highest BCUT2D eigenvalue weighted by atomic mass is 35.5. The van der Waals surface area contributed by atoms with Crippen molar-refractivity contribution in [3.63, 3.8) is 0 Å². The summed E-state index contributed by atoms with van der Waals surface area (Å²) in [6.45, 7) is 4.51. The van der Waals surface area contributed by atoms with Gasteiger partial charge in [-0.25, -0.2) is 0 Å². The van der Waals surface area contributed by atoms with Crippen LogP contribution in [0, 0.1) is 12.8 Å². The van der Waals surface area contributed by atoms with Crippen molar-refractivity contribution in [1.82, 2.24) is 4.90 Å². The fourth-order valence-electron chi connectivity index (χ4n) is 3.43. The van der Waals surface area contributed by atoms with Crippen LogP contribution in [-0.2, 0) is 11.3 Å². The molecule has 1 N–H and O–H groups in total. The van der Waals surface area contributed by atoms with Crippen LogP contribution in [-0.4, -0.2) is 31.0 Å². The van der Waals surface area contributed by atoms with Gasteiger partial charge in [-0.2, -0.15) is 0 Å². The number of nitrogens with one attached hydrogen (secondary N) is 1. The van der Waals surface area contributed by atoms with Crippen LogP contribution >= 0.6 is 11.6 Å². The monoisotopic (exact) mass is 372 g/mol. The summed E-state index contributed by atoms with van der Waals surface area (Å²) in [6, 6.07) is 13.7. The lowest BCUT2D eigenvalue weighted by molar-refractivity contribution is -0.121. The zero-order valence-corrected chi connectivity index (χ0v) is 16.1. The maximum atomic E-state index is 12.8. The van der Waals surface area contributed by atoms with Crippen LogP contribution < -0.4 is 10.1 Å². The average molecular weight is 373 g/mol. The Hall–Kier alpha value is -2.04. The van der Waals surface area contributed by atoms with Crippen LogP contribution in [0.25, 0.3) is 0 Å². The van der Waals surface area contributed by atoms with Crippen molar-refractivity contribution in [1.29, 1.82) is 0 Å². The van der Waals surface area contributed by atoms with E-state index in [9.17, 15) is 4.79 Å². The highest BCUT2D eigenvalue weighted by Gasteiger charge is 2.26. The van der Waals surface area contributed by atoms with Crippen molar-refractivity contribution in [2.45, 2.75) is 26.3 Å². The summed E-state index contributed by atoms with van der Waals surface area (Å²) < 4.78 is 5.36. The van der Waals surface area contributed by atoms with Gasteiger partial charge in [0.05, 0.1) is 18.7 Å². The number of aryl methyl sites for hydroxylation is 1. The van der Waals surface area contributed by atoms with Crippen LogP contribution in [0.15, 0.2) is 42.5 Å². The molecule has 1 heterocycles. The summed E-state index contributed by atoms with van der Waals surface area (Å²) in [5.41, 5.74) is 2.93. The van der Waals surface area contributed by atoms with Crippen molar-refractivity contribution in [3.05, 3.63) is 58.6 Å². The quantitative estimate of drug-likeness (QED) is 0.839. The van der Waals surface area contributed by atoms with Crippen molar-refractivity contribution < 1.29 is 9.53 Å². The molecule has 1 atom stereocenters. The van der Waals surface area contributed by atoms with Crippen molar-refractivity contribution in [2.24, 2.45) is 5.92 Å². The molecule has 1 aliphatic heterocycles. The van der Waals surface area contributed by atoms with Gasteiger partial charge in [-0.15, -0.1) is 0 Å². The predicted octanol–water partition coefficient (Wildman–Crippen LogP) is 4.51. The Balaban J connectivity index is 1.65. The molecule has 0 radical (unpaired) electrons. The van der Waals surface area contributed by atoms with Crippen LogP contribution in [0.4, 0.5) is 5.69 Å². The lowest BCUT2D eigenvalue weighted by Crippen LogP contribution is -2.40. The minimum absolute atomic E-state index is 0.0311. The highest BCUT2D eigenvalue weighted by molar-refractivity contribution is 6.31. The third kappa shape index (κ3) is 4.57. The number of hydrogen-bond donors (Lipinski definition) is 1. The first-order valence-electron chi connectivity index (χ1n) is 8.98. The molecule has 1 saturated heterocycles. The Morgan fingerprint density at radius 2 is 2.12 bits per heavy atom. The molecule has 4 nitrogen and oxygen atoms in total. The minimum atomic E-state index is -0.0311. The largest absolute Gasteiger partial charge is 0.495 e. The SMILES string of the molecule is COc1ccc(C)cc1NC(=O)C1CCCN(Cc2ccccc2Cl)C1. The molecular weight excluding hydrogens is 348 g/mol. The van der Waals surface area contributed by atoms with Gasteiger partial charge in [0.15, 0.2) is 0 Å². The lowest BCUT2D eigenvalue weighted by Gasteiger charge is -2.32. The Morgan fingerprint density at radius 3 is 2.88 bits per heavy atom. The summed E-state index contributed by atoms with van der Waals surface area (Å²) in [5, 5.41) is 3.83. The van der Waals surface area contributed by atoms with Gasteiger partial charge in [-0.05, 0) is 55.6 Å². The van der Waals surface area contributed by atoms with Crippen LogP contribution in [0.2, 0.25) is 5.02 Å². The molecule has 1 aliphatic rings. The molecule has 0 bridgehead atoms. The van der Waals surface area contributed by atoms with E-state index in [0.29, 0.717) is 5.75 Å². The molecular formula is C21H25ClN2O2. The van der Waals surface area contributed by atoms with E-state index in [1.165, 1.54) is 0 Å². The van der Waals surface area contributed by atoms with Gasteiger partial charge < -0.3 is 10.1 Å². The number of anilines is 1. The number of benzene rings is 2. The third-order valence-corrected chi connectivity index (χ3v) is 5.21. The van der Waals surface area contributed by atoms with Gasteiger partial charge >= 0.3 is 0 Å². The van der Waals surface area contributed by atoms with Crippen LogP contribution in [0.5, 0.6) is 5.75 Å². The number of rotatable bonds is 5. The predicted molar refractivity (Wildman–Crippen MR) is 106 cm³/mol. The molecule has 1 fully saturated rings. The van der Waals surface area contributed by atoms with E-state index in [2.05, 4.69) is 10.2 Å². The number of methoxy groups -OCH3 is 1. The van der Waals surface area contributed by atoms with Crippen LogP contribution in [0.3, 0.4) is 0 Å². The number of nitrogens with zero attached hydrogens (tertiary/aromatic N) is 1. The highest BCUT2D eigenvalue weighted by Crippen LogP contribution is 2.27. The van der Waals surface area contributed by atoms with Gasteiger partial charge in [0.25, 0.3) is 0 Å². The van der Waals surface area contributed by atoms with E-state index < -0.39 is 0 Å². The average Bonchev–Trinajstić information content (AvgIpc) is 2.64. The van der Waals surface area contributed by atoms with Gasteiger partial charge in [0.1, 0.15) is 5.75 Å². The second-order valence-corrected chi connectivity index (χ2v) is 7.27. The second kappa shape index (κ2) is 8.56. The van der Waals surface area contributed by atoms with Gasteiger partial charge in [0.2, 0.25) is 5.91 Å². The maximum Gasteiger partial charge on any atom is 0.228 e. The van der Waals surface area contributed by atoms with Gasteiger partial charge in [-0.1, -0.05) is 35.9 Å². The van der Waals surface area contributed by atoms with E-state index >= 15 is 0 Å². The number of ether oxygens (including phenoxy) is 1. The molecule has 3 rings (SSSR count). The van der Waals surface area contributed by atoms with E-state index in [0.717, 1.165) is 54.3 Å². The second-order valence-electron chi connectivity index (χ2n) is 6.86. The molecule has 0 aromatic heterocycles. The number of piperidine rings is 1. The topological polar surface area (TPSA) is 41.6 Å². The summed E-state index contributed by atoms with van der Waals surface area (Å²) in [5.74, 6) is 0.710. The fourth-order valence-corrected chi connectivity index (χ4v) is 3.63. The summed E-state index contributed by atoms with van der Waals surface area (Å²) >= 11 is 6.28. The Kier molecular flexibility index (Phi) is 6.17. The lowest BCUT2D eigenvalue weighted by atomic mass is 9.96. The molecule has 138 valence electrons. The first kappa shape index (κ1) is 18.7. The zero-order chi connectivity index (χ0) is 18.5. The molecule has 1 amide bonds. The Labute approximate surface area is 160 Å². The number of halogens is 1. The summed E-state index contributed by atoms with van der Waals surface area (Å²) in [6.07, 6.45) is 1.91. The normalized spacial score (nSPS) is 17.7. The standard InChI is InChI=1S/C21H25ClN2O2/c1-15-9-10-20(26-2)19(12-15)23-21(25)17-7-5-11-24(14-17)13-16-6-3-4-8-18(16)22/h3-4,6,8-10,12,17H,5,7,11,13-14H2,1-2H3,(H,23,25). The molecule has 5 heteroatoms. The first-order valence-corrected chi connectivity index (χ1v) is 9.36. The van der Waals surface area contributed by atoms with Crippen molar-refractivity contribution >= 4 is 23.2 Å². The molecule has 2 aromatic carbocycles. The fraction of sp³-hybridized carbons (Fsp3) is 0.381. The third-order valence-electron chi connectivity index (χ3n) is 4.84. The summed E-state index contributed by atoms with van der Waals surface area (Å²) in [7, 11) is 1.62.